The molecular weight excluding hydrogens is 494 g/mol. The zero-order valence-corrected chi connectivity index (χ0v) is 20.8. The van der Waals surface area contributed by atoms with E-state index in [0.717, 1.165) is 33.5 Å². The van der Waals surface area contributed by atoms with Gasteiger partial charge in [-0.15, -0.1) is 0 Å². The molecule has 0 radical (unpaired) electrons. The van der Waals surface area contributed by atoms with Crippen LogP contribution in [0.5, 0.6) is 5.75 Å². The van der Waals surface area contributed by atoms with E-state index >= 15 is 0 Å². The maximum absolute atomic E-state index is 12.2. The van der Waals surface area contributed by atoms with Gasteiger partial charge in [-0.1, -0.05) is 41.1 Å². The van der Waals surface area contributed by atoms with Crippen LogP contribution >= 0.6 is 15.9 Å². The predicted octanol–water partition coefficient (Wildman–Crippen LogP) is 5.01. The Morgan fingerprint density at radius 3 is 2.79 bits per heavy atom. The first-order valence-electron chi connectivity index (χ1n) is 11.2. The van der Waals surface area contributed by atoms with Gasteiger partial charge in [0.1, 0.15) is 5.75 Å². The number of phenolic OH excluding ortho intramolecular Hbond substituents is 1. The normalized spacial score (nSPS) is 19.5. The van der Waals surface area contributed by atoms with Gasteiger partial charge in [0.25, 0.3) is 0 Å². The molecule has 0 saturated carbocycles. The van der Waals surface area contributed by atoms with E-state index in [4.69, 9.17) is 4.99 Å². The topological polar surface area (TPSA) is 98.1 Å². The van der Waals surface area contributed by atoms with Gasteiger partial charge in [0.2, 0.25) is 0 Å². The van der Waals surface area contributed by atoms with E-state index in [9.17, 15) is 9.90 Å². The van der Waals surface area contributed by atoms with Gasteiger partial charge in [-0.3, -0.25) is 9.98 Å². The fourth-order valence-corrected chi connectivity index (χ4v) is 4.63. The highest BCUT2D eigenvalue weighted by Crippen LogP contribution is 2.41. The van der Waals surface area contributed by atoms with Crippen molar-refractivity contribution < 1.29 is 9.90 Å². The number of aliphatic imine (C=N–C) groups is 2. The molecule has 2 aromatic rings. The first-order valence-corrected chi connectivity index (χ1v) is 12.0. The number of para-hydroxylation sites is 1. The molecule has 0 saturated heterocycles. The molecular formula is C26H28BrN5O2. The third kappa shape index (κ3) is 5.56. The smallest absolute Gasteiger partial charge is 0.319 e. The van der Waals surface area contributed by atoms with E-state index in [1.807, 2.05) is 55.6 Å². The third-order valence-electron chi connectivity index (χ3n) is 5.82. The summed E-state index contributed by atoms with van der Waals surface area (Å²) in [4.78, 5) is 21.8. The second-order valence-electron chi connectivity index (χ2n) is 8.74. The summed E-state index contributed by atoms with van der Waals surface area (Å²) in [6.07, 6.45) is 4.58. The number of carbonyl (C=O) groups is 1. The number of hydrogen-bond acceptors (Lipinski definition) is 5. The Kier molecular flexibility index (Phi) is 7.17. The quantitative estimate of drug-likeness (QED) is 0.402. The lowest BCUT2D eigenvalue weighted by molar-refractivity contribution is 0.252. The van der Waals surface area contributed by atoms with Crippen LogP contribution in [0.25, 0.3) is 0 Å². The maximum Gasteiger partial charge on any atom is 0.319 e. The van der Waals surface area contributed by atoms with E-state index in [1.165, 1.54) is 0 Å². The number of anilines is 1. The standard InChI is InChI=1S/C26H28BrN5O2/c1-17-15-28-16-26(2)14-20(13-22(32-24(17)26)21-8-3-4-9-23(21)33)29-10-11-30-25(34)31-19-7-5-6-18(27)12-19/h3-9,12-13,15,29,33H,10-11,14,16H2,1-2H3,(H2,30,31,34)/t26-/m0/s1. The summed E-state index contributed by atoms with van der Waals surface area (Å²) in [5.74, 6) is 0.189. The van der Waals surface area contributed by atoms with Gasteiger partial charge in [-0.2, -0.15) is 0 Å². The number of carbonyl (C=O) groups excluding carboxylic acids is 1. The lowest BCUT2D eigenvalue weighted by Crippen LogP contribution is -2.35. The van der Waals surface area contributed by atoms with E-state index in [1.54, 1.807) is 12.1 Å². The number of fused-ring (bicyclic) bond motifs is 1. The van der Waals surface area contributed by atoms with Gasteiger partial charge >= 0.3 is 6.03 Å². The second-order valence-corrected chi connectivity index (χ2v) is 9.66. The third-order valence-corrected chi connectivity index (χ3v) is 6.31. The first-order chi connectivity index (χ1) is 16.3. The van der Waals surface area contributed by atoms with E-state index < -0.39 is 0 Å². The molecule has 2 aliphatic rings. The van der Waals surface area contributed by atoms with Crippen LogP contribution in [-0.4, -0.2) is 42.7 Å². The fraction of sp³-hybridized carbons (Fsp3) is 0.269. The van der Waals surface area contributed by atoms with Crippen molar-refractivity contribution in [3.05, 3.63) is 81.6 Å². The molecule has 0 bridgehead atoms. The van der Waals surface area contributed by atoms with Gasteiger partial charge in [-0.25, -0.2) is 4.79 Å². The summed E-state index contributed by atoms with van der Waals surface area (Å²) in [7, 11) is 0. The predicted molar refractivity (Wildman–Crippen MR) is 141 cm³/mol. The van der Waals surface area contributed by atoms with Crippen LogP contribution in [0, 0.1) is 5.41 Å². The molecule has 34 heavy (non-hydrogen) atoms. The number of amides is 2. The minimum absolute atomic E-state index is 0.189. The highest BCUT2D eigenvalue weighted by atomic mass is 79.9. The lowest BCUT2D eigenvalue weighted by atomic mass is 9.79. The number of phenols is 1. The van der Waals surface area contributed by atoms with Crippen LogP contribution in [0.3, 0.4) is 0 Å². The highest BCUT2D eigenvalue weighted by molar-refractivity contribution is 9.10. The number of allylic oxidation sites excluding steroid dienone is 3. The zero-order valence-electron chi connectivity index (χ0n) is 19.2. The van der Waals surface area contributed by atoms with E-state index in [0.29, 0.717) is 30.9 Å². The van der Waals surface area contributed by atoms with E-state index in [2.05, 4.69) is 43.8 Å². The Labute approximate surface area is 207 Å². The molecule has 4 N–H and O–H groups in total. The van der Waals surface area contributed by atoms with Crippen molar-refractivity contribution in [3.63, 3.8) is 0 Å². The highest BCUT2D eigenvalue weighted by Gasteiger charge is 2.35. The van der Waals surface area contributed by atoms with Crippen LogP contribution < -0.4 is 16.0 Å². The largest absolute Gasteiger partial charge is 0.507 e. The molecule has 2 aromatic carbocycles. The molecule has 0 aliphatic carbocycles. The van der Waals surface area contributed by atoms with Gasteiger partial charge in [0.05, 0.1) is 18.0 Å². The molecule has 2 aliphatic heterocycles. The van der Waals surface area contributed by atoms with Crippen molar-refractivity contribution >= 4 is 39.6 Å². The molecule has 2 heterocycles. The minimum Gasteiger partial charge on any atom is -0.507 e. The molecule has 2 amide bonds. The van der Waals surface area contributed by atoms with Crippen molar-refractivity contribution in [2.24, 2.45) is 15.4 Å². The molecule has 0 unspecified atom stereocenters. The monoisotopic (exact) mass is 521 g/mol. The van der Waals surface area contributed by atoms with Crippen molar-refractivity contribution in [1.82, 2.24) is 10.6 Å². The van der Waals surface area contributed by atoms with Crippen LogP contribution in [-0.2, 0) is 0 Å². The second kappa shape index (κ2) is 10.3. The number of rotatable bonds is 6. The van der Waals surface area contributed by atoms with Crippen LogP contribution in [0.1, 0.15) is 25.8 Å². The number of hydrogen-bond donors (Lipinski definition) is 4. The summed E-state index contributed by atoms with van der Waals surface area (Å²) in [6.45, 7) is 5.82. The summed E-state index contributed by atoms with van der Waals surface area (Å²) < 4.78 is 0.901. The van der Waals surface area contributed by atoms with Gasteiger partial charge < -0.3 is 21.1 Å². The molecule has 1 atom stereocenters. The van der Waals surface area contributed by atoms with Crippen molar-refractivity contribution in [1.29, 1.82) is 0 Å². The number of benzene rings is 2. The minimum atomic E-state index is -0.263. The van der Waals surface area contributed by atoms with Gasteiger partial charge in [0, 0.05) is 46.1 Å². The first kappa shape index (κ1) is 23.8. The lowest BCUT2D eigenvalue weighted by Gasteiger charge is -2.32. The number of nitrogens with zero attached hydrogens (tertiary/aromatic N) is 2. The molecule has 8 heteroatoms. The average molecular weight is 522 g/mol. The van der Waals surface area contributed by atoms with Crippen LogP contribution in [0.15, 0.2) is 86.0 Å². The Morgan fingerprint density at radius 1 is 1.18 bits per heavy atom. The Bertz CT molecular complexity index is 1220. The molecule has 176 valence electrons. The number of halogens is 1. The number of nitrogens with one attached hydrogen (secondary N) is 3. The average Bonchev–Trinajstić information content (AvgIpc) is 2.94. The number of aromatic hydroxyl groups is 1. The van der Waals surface area contributed by atoms with Gasteiger partial charge in [0.15, 0.2) is 0 Å². The van der Waals surface area contributed by atoms with Gasteiger partial charge in [-0.05, 0) is 55.3 Å². The summed E-state index contributed by atoms with van der Waals surface area (Å²) >= 11 is 3.40. The maximum atomic E-state index is 12.2. The SMILES string of the molecule is CC1=C2N=C(c3ccccc3O)C=C(NCCNC(=O)Nc3cccc(Br)c3)C[C@@]2(C)CN=C1. The molecule has 4 rings (SSSR count). The number of urea groups is 1. The van der Waals surface area contributed by atoms with Crippen molar-refractivity contribution in [3.8, 4) is 5.75 Å². The summed E-state index contributed by atoms with van der Waals surface area (Å²) in [5, 5.41) is 19.6. The fourth-order valence-electron chi connectivity index (χ4n) is 4.23. The summed E-state index contributed by atoms with van der Waals surface area (Å²) in [5.41, 5.74) is 4.85. The Balaban J connectivity index is 1.46. The summed E-state index contributed by atoms with van der Waals surface area (Å²) in [6, 6.07) is 14.4. The Hall–Kier alpha value is -3.39. The molecule has 0 spiro atoms. The molecule has 0 aromatic heterocycles. The van der Waals surface area contributed by atoms with Crippen LogP contribution in [0.2, 0.25) is 0 Å². The van der Waals surface area contributed by atoms with Crippen LogP contribution in [0.4, 0.5) is 10.5 Å². The molecule has 7 nitrogen and oxygen atoms in total. The van der Waals surface area contributed by atoms with Crippen molar-refractivity contribution in [2.75, 3.05) is 25.0 Å². The number of dihydropyridines is 1. The Morgan fingerprint density at radius 2 is 2.00 bits per heavy atom. The molecule has 0 fully saturated rings. The van der Waals surface area contributed by atoms with Crippen molar-refractivity contribution in [2.45, 2.75) is 20.3 Å². The van der Waals surface area contributed by atoms with E-state index in [-0.39, 0.29) is 17.2 Å². The zero-order chi connectivity index (χ0) is 24.1.